The van der Waals surface area contributed by atoms with E-state index in [4.69, 9.17) is 10.5 Å². The minimum absolute atomic E-state index is 0.00976. The minimum Gasteiger partial charge on any atom is -0.457 e. The van der Waals surface area contributed by atoms with Crippen LogP contribution in [0, 0.1) is 17.8 Å². The summed E-state index contributed by atoms with van der Waals surface area (Å²) in [4.78, 5) is 24.6. The molecule has 3 N–H and O–H groups in total. The number of benzene rings is 1. The molecule has 136 valence electrons. The van der Waals surface area contributed by atoms with Gasteiger partial charge in [-0.15, -0.1) is 0 Å². The van der Waals surface area contributed by atoms with E-state index in [0.717, 1.165) is 11.6 Å². The average molecular weight is 353 g/mol. The van der Waals surface area contributed by atoms with Gasteiger partial charge in [-0.2, -0.15) is 15.0 Å². The Bertz CT molecular complexity index is 783. The Morgan fingerprint density at radius 1 is 1.15 bits per heavy atom. The van der Waals surface area contributed by atoms with Crippen molar-refractivity contribution in [3.63, 3.8) is 0 Å². The number of carbonyl (C=O) groups excluding carboxylic acids is 1. The zero-order valence-electron chi connectivity index (χ0n) is 14.6. The molecule has 0 spiro atoms. The van der Waals surface area contributed by atoms with Crippen LogP contribution in [0.1, 0.15) is 37.9 Å². The SMILES string of the molecule is Nc1nc(COC(=O)C[C@H]2C[C@@H]3CC[C@@H]2C3)nc(Nc2ccccc2)n1. The summed E-state index contributed by atoms with van der Waals surface area (Å²) in [5, 5.41) is 3.07. The number of hydrogen-bond acceptors (Lipinski definition) is 7. The number of para-hydroxylation sites is 1. The fourth-order valence-corrected chi connectivity index (χ4v) is 4.25. The molecular weight excluding hydrogens is 330 g/mol. The van der Waals surface area contributed by atoms with Crippen molar-refractivity contribution in [2.75, 3.05) is 11.1 Å². The molecule has 1 aromatic heterocycles. The highest BCUT2D eigenvalue weighted by Gasteiger charge is 2.40. The molecule has 1 aromatic carbocycles. The highest BCUT2D eigenvalue weighted by molar-refractivity contribution is 5.69. The summed E-state index contributed by atoms with van der Waals surface area (Å²) in [6, 6.07) is 9.54. The molecule has 0 radical (unpaired) electrons. The number of fused-ring (bicyclic) bond motifs is 2. The van der Waals surface area contributed by atoms with Gasteiger partial charge in [-0.05, 0) is 49.1 Å². The molecule has 2 fully saturated rings. The number of ether oxygens (including phenoxy) is 1. The van der Waals surface area contributed by atoms with Crippen LogP contribution in [-0.4, -0.2) is 20.9 Å². The topological polar surface area (TPSA) is 103 Å². The van der Waals surface area contributed by atoms with Crippen molar-refractivity contribution in [3.8, 4) is 0 Å². The minimum atomic E-state index is -0.181. The highest BCUT2D eigenvalue weighted by Crippen LogP contribution is 2.49. The summed E-state index contributed by atoms with van der Waals surface area (Å²) in [6.45, 7) is 0.00976. The molecule has 0 unspecified atom stereocenters. The van der Waals surface area contributed by atoms with E-state index in [1.807, 2.05) is 30.3 Å². The smallest absolute Gasteiger partial charge is 0.306 e. The number of esters is 1. The largest absolute Gasteiger partial charge is 0.457 e. The normalized spacial score (nSPS) is 23.8. The van der Waals surface area contributed by atoms with E-state index in [9.17, 15) is 4.79 Å². The van der Waals surface area contributed by atoms with E-state index in [1.54, 1.807) is 0 Å². The van der Waals surface area contributed by atoms with Crippen molar-refractivity contribution in [2.45, 2.75) is 38.7 Å². The van der Waals surface area contributed by atoms with E-state index in [0.29, 0.717) is 30.0 Å². The van der Waals surface area contributed by atoms with Crippen molar-refractivity contribution < 1.29 is 9.53 Å². The summed E-state index contributed by atoms with van der Waals surface area (Å²) in [6.07, 6.45) is 5.55. The third kappa shape index (κ3) is 3.92. The summed E-state index contributed by atoms with van der Waals surface area (Å²) >= 11 is 0. The molecule has 2 aliphatic carbocycles. The van der Waals surface area contributed by atoms with Gasteiger partial charge in [-0.25, -0.2) is 0 Å². The van der Waals surface area contributed by atoms with Crippen LogP contribution < -0.4 is 11.1 Å². The predicted molar refractivity (Wildman–Crippen MR) is 97.3 cm³/mol. The first-order valence-corrected chi connectivity index (χ1v) is 9.14. The van der Waals surface area contributed by atoms with Gasteiger partial charge < -0.3 is 15.8 Å². The zero-order valence-corrected chi connectivity index (χ0v) is 14.6. The lowest BCUT2D eigenvalue weighted by molar-refractivity contribution is -0.146. The van der Waals surface area contributed by atoms with Crippen molar-refractivity contribution in [3.05, 3.63) is 36.2 Å². The van der Waals surface area contributed by atoms with Crippen molar-refractivity contribution in [2.24, 2.45) is 17.8 Å². The van der Waals surface area contributed by atoms with Crippen LogP contribution >= 0.6 is 0 Å². The molecule has 0 saturated heterocycles. The van der Waals surface area contributed by atoms with Crippen LogP contribution in [0.2, 0.25) is 0 Å². The lowest BCUT2D eigenvalue weighted by Crippen LogP contribution is -2.17. The number of anilines is 3. The first-order valence-electron chi connectivity index (χ1n) is 9.14. The third-order valence-electron chi connectivity index (χ3n) is 5.40. The number of carbonyl (C=O) groups is 1. The number of aromatic nitrogens is 3. The zero-order chi connectivity index (χ0) is 17.9. The van der Waals surface area contributed by atoms with Crippen LogP contribution in [0.3, 0.4) is 0 Å². The molecule has 3 atom stereocenters. The fraction of sp³-hybridized carbons (Fsp3) is 0.474. The lowest BCUT2D eigenvalue weighted by Gasteiger charge is -2.20. The van der Waals surface area contributed by atoms with Gasteiger partial charge in [0.2, 0.25) is 11.9 Å². The summed E-state index contributed by atoms with van der Waals surface area (Å²) in [5.74, 6) is 2.62. The first-order chi connectivity index (χ1) is 12.7. The molecule has 2 aliphatic rings. The van der Waals surface area contributed by atoms with Crippen LogP contribution in [0.5, 0.6) is 0 Å². The van der Waals surface area contributed by atoms with E-state index in [2.05, 4.69) is 20.3 Å². The first kappa shape index (κ1) is 16.8. The summed E-state index contributed by atoms with van der Waals surface area (Å²) in [5.41, 5.74) is 6.59. The number of nitrogens with two attached hydrogens (primary N) is 1. The summed E-state index contributed by atoms with van der Waals surface area (Å²) < 4.78 is 5.38. The van der Waals surface area contributed by atoms with Gasteiger partial charge >= 0.3 is 5.97 Å². The van der Waals surface area contributed by atoms with Gasteiger partial charge in [0.05, 0.1) is 0 Å². The van der Waals surface area contributed by atoms with Crippen LogP contribution in [0.25, 0.3) is 0 Å². The lowest BCUT2D eigenvalue weighted by atomic mass is 9.86. The monoisotopic (exact) mass is 353 g/mol. The van der Waals surface area contributed by atoms with Crippen LogP contribution in [0.15, 0.2) is 30.3 Å². The number of nitrogens with one attached hydrogen (secondary N) is 1. The van der Waals surface area contributed by atoms with Crippen molar-refractivity contribution in [1.29, 1.82) is 0 Å². The maximum atomic E-state index is 12.2. The Morgan fingerprint density at radius 2 is 2.00 bits per heavy atom. The standard InChI is InChI=1S/C19H23N5O2/c20-18-22-16(23-19(24-18)21-15-4-2-1-3-5-15)11-26-17(25)10-14-9-12-6-7-13(14)8-12/h1-5,12-14H,6-11H2,(H3,20,21,22,23,24)/t12-,13-,14-/m1/s1. The highest BCUT2D eigenvalue weighted by atomic mass is 16.5. The Labute approximate surface area is 152 Å². The number of hydrogen-bond donors (Lipinski definition) is 2. The molecule has 0 amide bonds. The van der Waals surface area contributed by atoms with E-state index < -0.39 is 0 Å². The molecule has 0 aliphatic heterocycles. The van der Waals surface area contributed by atoms with Crippen molar-refractivity contribution in [1.82, 2.24) is 15.0 Å². The van der Waals surface area contributed by atoms with Crippen molar-refractivity contribution >= 4 is 23.6 Å². The third-order valence-corrected chi connectivity index (χ3v) is 5.40. The Kier molecular flexibility index (Phi) is 4.69. The number of nitrogens with zero attached hydrogens (tertiary/aromatic N) is 3. The average Bonchev–Trinajstić information content (AvgIpc) is 3.23. The van der Waals surface area contributed by atoms with Crippen LogP contribution in [-0.2, 0) is 16.1 Å². The molecule has 2 saturated carbocycles. The van der Waals surface area contributed by atoms with E-state index in [1.165, 1.54) is 25.7 Å². The van der Waals surface area contributed by atoms with Gasteiger partial charge in [0.25, 0.3) is 0 Å². The van der Waals surface area contributed by atoms with Crippen LogP contribution in [0.4, 0.5) is 17.6 Å². The van der Waals surface area contributed by atoms with Gasteiger partial charge in [0.15, 0.2) is 12.4 Å². The molecule has 4 rings (SSSR count). The Balaban J connectivity index is 1.33. The van der Waals surface area contributed by atoms with Gasteiger partial charge in [0, 0.05) is 12.1 Å². The second kappa shape index (κ2) is 7.27. The molecule has 26 heavy (non-hydrogen) atoms. The number of rotatable bonds is 6. The van der Waals surface area contributed by atoms with Gasteiger partial charge in [-0.1, -0.05) is 24.6 Å². The molecule has 7 nitrogen and oxygen atoms in total. The van der Waals surface area contributed by atoms with Gasteiger partial charge in [-0.3, -0.25) is 4.79 Å². The predicted octanol–water partition coefficient (Wildman–Crippen LogP) is 3.07. The van der Waals surface area contributed by atoms with Gasteiger partial charge in [0.1, 0.15) is 0 Å². The quantitative estimate of drug-likeness (QED) is 0.769. The maximum absolute atomic E-state index is 12.2. The molecular formula is C19H23N5O2. The Hall–Kier alpha value is -2.70. The van der Waals surface area contributed by atoms with E-state index >= 15 is 0 Å². The number of nitrogen functional groups attached to an aromatic ring is 1. The second-order valence-corrected chi connectivity index (χ2v) is 7.22. The second-order valence-electron chi connectivity index (χ2n) is 7.22. The fourth-order valence-electron chi connectivity index (χ4n) is 4.25. The Morgan fingerprint density at radius 3 is 2.73 bits per heavy atom. The molecule has 1 heterocycles. The molecule has 7 heteroatoms. The molecule has 2 aromatic rings. The summed E-state index contributed by atoms with van der Waals surface area (Å²) in [7, 11) is 0. The maximum Gasteiger partial charge on any atom is 0.306 e. The molecule has 2 bridgehead atoms. The van der Waals surface area contributed by atoms with E-state index in [-0.39, 0.29) is 18.5 Å².